The van der Waals surface area contributed by atoms with Gasteiger partial charge in [-0.3, -0.25) is 0 Å². The van der Waals surface area contributed by atoms with E-state index in [4.69, 9.17) is 0 Å². The molecule has 0 radical (unpaired) electrons. The predicted molar refractivity (Wildman–Crippen MR) is 302 cm³/mol. The largest absolute Gasteiger partial charge is 0.309 e. The third-order valence-electron chi connectivity index (χ3n) is 14.8. The molecule has 0 amide bonds. The van der Waals surface area contributed by atoms with E-state index in [2.05, 4.69) is 300 Å². The van der Waals surface area contributed by atoms with E-state index in [0.29, 0.717) is 0 Å². The lowest BCUT2D eigenvalue weighted by atomic mass is 10.1. The van der Waals surface area contributed by atoms with Gasteiger partial charge in [-0.1, -0.05) is 249 Å². The number of benzene rings is 11. The molecule has 0 aliphatic carbocycles. The van der Waals surface area contributed by atoms with Crippen LogP contribution in [0.15, 0.2) is 291 Å². The van der Waals surface area contributed by atoms with Gasteiger partial charge in [0.15, 0.2) is 16.1 Å². The van der Waals surface area contributed by atoms with Gasteiger partial charge in [-0.25, -0.2) is 0 Å². The van der Waals surface area contributed by atoms with Gasteiger partial charge in [-0.15, -0.1) is 0 Å². The molecule has 0 spiro atoms. The minimum atomic E-state index is -2.86. The van der Waals surface area contributed by atoms with Crippen LogP contribution in [0.4, 0.5) is 0 Å². The van der Waals surface area contributed by atoms with E-state index in [1.165, 1.54) is 85.1 Å². The van der Waals surface area contributed by atoms with Crippen LogP contribution in [0.2, 0.25) is 0 Å². The zero-order chi connectivity index (χ0) is 46.5. The number of aromatic nitrogens is 2. The summed E-state index contributed by atoms with van der Waals surface area (Å²) >= 11 is 0. The van der Waals surface area contributed by atoms with Crippen LogP contribution in [-0.2, 0) is 0 Å². The summed E-state index contributed by atoms with van der Waals surface area (Å²) in [6, 6.07) is 109. The van der Waals surface area contributed by atoms with Crippen LogP contribution in [0.1, 0.15) is 0 Å². The molecule has 0 aliphatic heterocycles. The van der Waals surface area contributed by atoms with E-state index < -0.39 is 16.1 Å². The molecule has 0 bridgehead atoms. The van der Waals surface area contributed by atoms with Crippen molar-refractivity contribution in [1.29, 1.82) is 0 Å². The van der Waals surface area contributed by atoms with E-state index in [1.807, 2.05) is 0 Å². The van der Waals surface area contributed by atoms with Crippen molar-refractivity contribution in [2.75, 3.05) is 0 Å². The van der Waals surface area contributed by atoms with Gasteiger partial charge in [0.2, 0.25) is 0 Å². The number of nitrogens with zero attached hydrogens (tertiary/aromatic N) is 2. The summed E-state index contributed by atoms with van der Waals surface area (Å²) in [5.74, 6) is 0. The molecular formula is C66H48N2Si2. The molecule has 0 unspecified atom stereocenters. The van der Waals surface area contributed by atoms with E-state index >= 15 is 0 Å². The highest BCUT2D eigenvalue weighted by Crippen LogP contribution is 2.42. The van der Waals surface area contributed by atoms with E-state index in [-0.39, 0.29) is 0 Å². The van der Waals surface area contributed by atoms with Crippen LogP contribution in [0, 0.1) is 0 Å². The van der Waals surface area contributed by atoms with Gasteiger partial charge >= 0.3 is 0 Å². The van der Waals surface area contributed by atoms with Crippen molar-refractivity contribution in [3.8, 4) is 11.4 Å². The first-order chi connectivity index (χ1) is 34.8. The van der Waals surface area contributed by atoms with Gasteiger partial charge in [0.1, 0.15) is 0 Å². The maximum Gasteiger partial charge on any atom is 0.179 e. The molecule has 11 aromatic carbocycles. The van der Waals surface area contributed by atoms with Crippen molar-refractivity contribution in [2.24, 2.45) is 0 Å². The van der Waals surface area contributed by atoms with Gasteiger partial charge in [-0.2, -0.15) is 0 Å². The fraction of sp³-hybridized carbons (Fsp3) is 0. The molecule has 0 atom stereocenters. The minimum absolute atomic E-state index is 1.14. The molecule has 330 valence electrons. The summed E-state index contributed by atoms with van der Waals surface area (Å²) in [4.78, 5) is 0. The molecule has 0 fully saturated rings. The number of hydrogen-bond acceptors (Lipinski definition) is 0. The lowest BCUT2D eigenvalue weighted by Crippen LogP contribution is -2.74. The van der Waals surface area contributed by atoms with Gasteiger partial charge in [0.25, 0.3) is 0 Å². The highest BCUT2D eigenvalue weighted by atomic mass is 28.3. The quantitative estimate of drug-likeness (QED) is 0.0956. The average molecular weight is 925 g/mol. The topological polar surface area (TPSA) is 9.86 Å². The summed E-state index contributed by atoms with van der Waals surface area (Å²) in [6.45, 7) is 0. The molecule has 13 aromatic rings. The summed E-state index contributed by atoms with van der Waals surface area (Å²) in [5, 5.41) is 15.8. The van der Waals surface area contributed by atoms with Crippen molar-refractivity contribution >= 4 is 101 Å². The molecule has 70 heavy (non-hydrogen) atoms. The first-order valence-electron chi connectivity index (χ1n) is 24.3. The Morgan fingerprint density at radius 2 is 0.543 bits per heavy atom. The smallest absolute Gasteiger partial charge is 0.179 e. The Kier molecular flexibility index (Phi) is 10.2. The molecular weight excluding hydrogens is 877 g/mol. The van der Waals surface area contributed by atoms with E-state index in [0.717, 1.165) is 11.4 Å². The van der Waals surface area contributed by atoms with Crippen LogP contribution in [-0.4, -0.2) is 25.3 Å². The standard InChI is InChI=1S/C66H48N2Si2/c1-9-25-49(26-10-1)67-63-46-44-59-61-47-57(69(51-29-13-3-14-30-51,52-31-15-4-16-32-52)53-33-17-5-18-34-53)42-45-62(61)68(50-27-11-2-12-28-50)66(59)65(63)60-43-41-58(48-64(60)67)70(54-35-19-6-20-36-54,55-37-21-7-22-38-55)56-39-23-8-24-40-56/h1-48H. The van der Waals surface area contributed by atoms with Crippen molar-refractivity contribution < 1.29 is 0 Å². The monoisotopic (exact) mass is 924 g/mol. The Hall–Kier alpha value is -8.55. The van der Waals surface area contributed by atoms with Crippen LogP contribution in [0.3, 0.4) is 0 Å². The van der Waals surface area contributed by atoms with E-state index in [1.54, 1.807) is 0 Å². The Bertz CT molecular complexity index is 3760. The van der Waals surface area contributed by atoms with Crippen molar-refractivity contribution in [2.45, 2.75) is 0 Å². The lowest BCUT2D eigenvalue weighted by Gasteiger charge is -2.34. The maximum absolute atomic E-state index is 2.86. The van der Waals surface area contributed by atoms with Crippen molar-refractivity contribution in [1.82, 2.24) is 9.13 Å². The number of fused-ring (bicyclic) bond motifs is 7. The SMILES string of the molecule is c1ccc(-n2c3cc([Si](c4ccccc4)(c4ccccc4)c4ccccc4)ccc3c3c2ccc2c4cc([Si](c5ccccc5)(c5ccccc5)c5ccccc5)ccc4n(-c4ccccc4)c23)cc1. The maximum atomic E-state index is 2.55. The molecule has 0 saturated carbocycles. The Morgan fingerprint density at radius 1 is 0.214 bits per heavy atom. The zero-order valence-corrected chi connectivity index (χ0v) is 40.6. The van der Waals surface area contributed by atoms with Gasteiger partial charge in [0, 0.05) is 32.9 Å². The zero-order valence-electron chi connectivity index (χ0n) is 38.6. The molecule has 0 N–H and O–H groups in total. The summed E-state index contributed by atoms with van der Waals surface area (Å²) in [7, 11) is -5.69. The molecule has 2 nitrogen and oxygen atoms in total. The highest BCUT2D eigenvalue weighted by molar-refractivity contribution is 7.20. The second-order valence-electron chi connectivity index (χ2n) is 18.4. The summed E-state index contributed by atoms with van der Waals surface area (Å²) < 4.78 is 5.05. The highest BCUT2D eigenvalue weighted by Gasteiger charge is 2.43. The second-order valence-corrected chi connectivity index (χ2v) is 26.0. The molecule has 13 rings (SSSR count). The fourth-order valence-electron chi connectivity index (χ4n) is 11.9. The Balaban J connectivity index is 1.17. The minimum Gasteiger partial charge on any atom is -0.309 e. The van der Waals surface area contributed by atoms with Gasteiger partial charge < -0.3 is 9.13 Å². The van der Waals surface area contributed by atoms with Crippen LogP contribution < -0.4 is 41.5 Å². The Morgan fingerprint density at radius 3 is 0.957 bits per heavy atom. The Labute approximate surface area is 410 Å². The molecule has 0 aliphatic rings. The van der Waals surface area contributed by atoms with Crippen LogP contribution >= 0.6 is 0 Å². The fourth-order valence-corrected chi connectivity index (χ4v) is 21.4. The summed E-state index contributed by atoms with van der Waals surface area (Å²) in [6.07, 6.45) is 0. The second kappa shape index (κ2) is 17.2. The normalized spacial score (nSPS) is 12.0. The van der Waals surface area contributed by atoms with Gasteiger partial charge in [-0.05, 0) is 84.0 Å². The van der Waals surface area contributed by atoms with Crippen molar-refractivity contribution in [3.63, 3.8) is 0 Å². The number of para-hydroxylation sites is 2. The van der Waals surface area contributed by atoms with E-state index in [9.17, 15) is 0 Å². The van der Waals surface area contributed by atoms with Crippen LogP contribution in [0.25, 0.3) is 55.0 Å². The van der Waals surface area contributed by atoms with Crippen LogP contribution in [0.5, 0.6) is 0 Å². The first-order valence-corrected chi connectivity index (χ1v) is 28.3. The molecule has 4 heteroatoms. The number of hydrogen-bond donors (Lipinski definition) is 0. The lowest BCUT2D eigenvalue weighted by molar-refractivity contribution is 1.17. The predicted octanol–water partition coefficient (Wildman–Crippen LogP) is 10.6. The molecule has 2 aromatic heterocycles. The molecule has 2 heterocycles. The van der Waals surface area contributed by atoms with Gasteiger partial charge in [0.05, 0.1) is 22.1 Å². The third kappa shape index (κ3) is 6.38. The van der Waals surface area contributed by atoms with Crippen molar-refractivity contribution in [3.05, 3.63) is 291 Å². The number of rotatable bonds is 10. The third-order valence-corrected chi connectivity index (χ3v) is 24.3. The first kappa shape index (κ1) is 41.6. The summed E-state index contributed by atoms with van der Waals surface area (Å²) in [5.41, 5.74) is 7.06. The average Bonchev–Trinajstić information content (AvgIpc) is 3.96. The molecule has 0 saturated heterocycles.